The molecule has 0 saturated carbocycles. The maximum atomic E-state index is 5.25. The Morgan fingerprint density at radius 2 is 1.71 bits per heavy atom. The van der Waals surface area contributed by atoms with Gasteiger partial charge in [-0.2, -0.15) is 0 Å². The SMILES string of the molecule is COCN1CCN(c2ccccc2Sc2ccc(C)cc2C)CC1. The quantitative estimate of drug-likeness (QED) is 0.809. The molecule has 0 N–H and O–H groups in total. The Hall–Kier alpha value is -1.49. The molecule has 2 aromatic rings. The highest BCUT2D eigenvalue weighted by molar-refractivity contribution is 7.99. The van der Waals surface area contributed by atoms with Crippen molar-refractivity contribution in [2.75, 3.05) is 44.9 Å². The second-order valence-corrected chi connectivity index (χ2v) is 7.45. The minimum atomic E-state index is 0.729. The molecule has 0 unspecified atom stereocenters. The van der Waals surface area contributed by atoms with E-state index in [0.717, 1.165) is 32.9 Å². The Kier molecular flexibility index (Phi) is 5.82. The Balaban J connectivity index is 1.76. The monoisotopic (exact) mass is 342 g/mol. The van der Waals surface area contributed by atoms with Crippen LogP contribution in [0.25, 0.3) is 0 Å². The van der Waals surface area contributed by atoms with Crippen LogP contribution in [-0.4, -0.2) is 44.9 Å². The number of para-hydroxylation sites is 1. The van der Waals surface area contributed by atoms with Gasteiger partial charge in [-0.3, -0.25) is 4.90 Å². The van der Waals surface area contributed by atoms with E-state index in [0.29, 0.717) is 0 Å². The third-order valence-corrected chi connectivity index (χ3v) is 5.68. The van der Waals surface area contributed by atoms with Crippen molar-refractivity contribution >= 4 is 17.4 Å². The van der Waals surface area contributed by atoms with Crippen LogP contribution in [0.5, 0.6) is 0 Å². The molecule has 0 amide bonds. The number of ether oxygens (including phenoxy) is 1. The number of piperazine rings is 1. The van der Waals surface area contributed by atoms with E-state index >= 15 is 0 Å². The van der Waals surface area contributed by atoms with Crippen LogP contribution in [0.15, 0.2) is 52.3 Å². The van der Waals surface area contributed by atoms with Gasteiger partial charge in [0.2, 0.25) is 0 Å². The van der Waals surface area contributed by atoms with Crippen molar-refractivity contribution in [1.82, 2.24) is 4.90 Å². The van der Waals surface area contributed by atoms with E-state index in [4.69, 9.17) is 4.74 Å². The fourth-order valence-corrected chi connectivity index (χ4v) is 4.18. The van der Waals surface area contributed by atoms with Crippen LogP contribution in [0, 0.1) is 13.8 Å². The first-order valence-electron chi connectivity index (χ1n) is 8.48. The zero-order valence-electron chi connectivity index (χ0n) is 14.8. The molecule has 2 aromatic carbocycles. The molecule has 0 radical (unpaired) electrons. The standard InChI is InChI=1S/C20H26N2OS/c1-16-8-9-19(17(2)14-16)24-20-7-5-4-6-18(20)22-12-10-21(11-13-22)15-23-3/h4-9,14H,10-13,15H2,1-3H3. The van der Waals surface area contributed by atoms with Gasteiger partial charge in [-0.15, -0.1) is 0 Å². The number of hydrogen-bond acceptors (Lipinski definition) is 4. The molecule has 4 heteroatoms. The van der Waals surface area contributed by atoms with E-state index in [1.165, 1.54) is 26.6 Å². The number of hydrogen-bond donors (Lipinski definition) is 0. The Morgan fingerprint density at radius 1 is 0.958 bits per heavy atom. The van der Waals surface area contributed by atoms with Gasteiger partial charge in [0.05, 0.1) is 12.4 Å². The normalized spacial score (nSPS) is 15.7. The van der Waals surface area contributed by atoms with Crippen molar-refractivity contribution in [1.29, 1.82) is 0 Å². The molecule has 0 bridgehead atoms. The maximum Gasteiger partial charge on any atom is 0.0987 e. The van der Waals surface area contributed by atoms with Crippen LogP contribution < -0.4 is 4.90 Å². The lowest BCUT2D eigenvalue weighted by molar-refractivity contribution is 0.0595. The summed E-state index contributed by atoms with van der Waals surface area (Å²) in [4.78, 5) is 7.53. The van der Waals surface area contributed by atoms with E-state index in [2.05, 4.69) is 66.1 Å². The second kappa shape index (κ2) is 8.06. The van der Waals surface area contributed by atoms with Gasteiger partial charge in [-0.1, -0.05) is 41.6 Å². The number of methoxy groups -OCH3 is 1. The Bertz CT molecular complexity index is 681. The van der Waals surface area contributed by atoms with Crippen molar-refractivity contribution in [3.63, 3.8) is 0 Å². The molecule has 0 aromatic heterocycles. The third-order valence-electron chi connectivity index (χ3n) is 4.44. The van der Waals surface area contributed by atoms with E-state index in [9.17, 15) is 0 Å². The highest BCUT2D eigenvalue weighted by atomic mass is 32.2. The largest absolute Gasteiger partial charge is 0.369 e. The first-order valence-corrected chi connectivity index (χ1v) is 9.29. The third kappa shape index (κ3) is 4.12. The summed E-state index contributed by atoms with van der Waals surface area (Å²) in [6.07, 6.45) is 0. The van der Waals surface area contributed by atoms with Crippen LogP contribution >= 0.6 is 11.8 Å². The van der Waals surface area contributed by atoms with E-state index in [1.807, 2.05) is 11.8 Å². The van der Waals surface area contributed by atoms with Gasteiger partial charge < -0.3 is 9.64 Å². The minimum Gasteiger partial charge on any atom is -0.369 e. The Morgan fingerprint density at radius 3 is 2.42 bits per heavy atom. The number of aryl methyl sites for hydroxylation is 2. The highest BCUT2D eigenvalue weighted by Crippen LogP contribution is 2.37. The molecule has 1 aliphatic heterocycles. The van der Waals surface area contributed by atoms with E-state index < -0.39 is 0 Å². The molecule has 0 aliphatic carbocycles. The lowest BCUT2D eigenvalue weighted by Crippen LogP contribution is -2.47. The lowest BCUT2D eigenvalue weighted by Gasteiger charge is -2.36. The number of benzene rings is 2. The molecule has 3 rings (SSSR count). The molecular weight excluding hydrogens is 316 g/mol. The molecule has 128 valence electrons. The van der Waals surface area contributed by atoms with Gasteiger partial charge in [0.15, 0.2) is 0 Å². The molecule has 1 saturated heterocycles. The van der Waals surface area contributed by atoms with E-state index in [1.54, 1.807) is 7.11 Å². The average Bonchev–Trinajstić information content (AvgIpc) is 2.59. The van der Waals surface area contributed by atoms with Crippen molar-refractivity contribution < 1.29 is 4.74 Å². The summed E-state index contributed by atoms with van der Waals surface area (Å²) in [6, 6.07) is 15.5. The summed E-state index contributed by atoms with van der Waals surface area (Å²) in [5.74, 6) is 0. The summed E-state index contributed by atoms with van der Waals surface area (Å²) in [7, 11) is 1.77. The van der Waals surface area contributed by atoms with Crippen molar-refractivity contribution in [3.8, 4) is 0 Å². The zero-order valence-corrected chi connectivity index (χ0v) is 15.6. The fraction of sp³-hybridized carbons (Fsp3) is 0.400. The molecule has 1 aliphatic rings. The van der Waals surface area contributed by atoms with Gasteiger partial charge in [0, 0.05) is 43.1 Å². The predicted octanol–water partition coefficient (Wildman–Crippen LogP) is 4.18. The fourth-order valence-electron chi connectivity index (χ4n) is 3.14. The first-order chi connectivity index (χ1) is 11.7. The number of anilines is 1. The molecule has 24 heavy (non-hydrogen) atoms. The molecule has 3 nitrogen and oxygen atoms in total. The lowest BCUT2D eigenvalue weighted by atomic mass is 10.2. The maximum absolute atomic E-state index is 5.25. The molecule has 1 fully saturated rings. The average molecular weight is 343 g/mol. The van der Waals surface area contributed by atoms with Crippen molar-refractivity contribution in [3.05, 3.63) is 53.6 Å². The first kappa shape index (κ1) is 17.3. The van der Waals surface area contributed by atoms with Crippen LogP contribution in [0.4, 0.5) is 5.69 Å². The number of nitrogens with zero attached hydrogens (tertiary/aromatic N) is 2. The predicted molar refractivity (Wildman–Crippen MR) is 102 cm³/mol. The Labute approximate surface area is 149 Å². The summed E-state index contributed by atoms with van der Waals surface area (Å²) in [5, 5.41) is 0. The summed E-state index contributed by atoms with van der Waals surface area (Å²) < 4.78 is 5.25. The van der Waals surface area contributed by atoms with Gasteiger partial charge >= 0.3 is 0 Å². The van der Waals surface area contributed by atoms with Crippen LogP contribution in [0.2, 0.25) is 0 Å². The molecule has 0 atom stereocenters. The van der Waals surface area contributed by atoms with Crippen molar-refractivity contribution in [2.24, 2.45) is 0 Å². The molecular formula is C20H26N2OS. The van der Waals surface area contributed by atoms with Gasteiger partial charge in [0.25, 0.3) is 0 Å². The highest BCUT2D eigenvalue weighted by Gasteiger charge is 2.19. The van der Waals surface area contributed by atoms with Crippen LogP contribution in [0.1, 0.15) is 11.1 Å². The summed E-state index contributed by atoms with van der Waals surface area (Å²) in [5.41, 5.74) is 4.01. The summed E-state index contributed by atoms with van der Waals surface area (Å²) >= 11 is 1.87. The van der Waals surface area contributed by atoms with E-state index in [-0.39, 0.29) is 0 Å². The van der Waals surface area contributed by atoms with Crippen LogP contribution in [-0.2, 0) is 4.74 Å². The summed E-state index contributed by atoms with van der Waals surface area (Å²) in [6.45, 7) is 9.28. The second-order valence-electron chi connectivity index (χ2n) is 6.36. The smallest absolute Gasteiger partial charge is 0.0987 e. The zero-order chi connectivity index (χ0) is 16.9. The number of rotatable bonds is 5. The van der Waals surface area contributed by atoms with Gasteiger partial charge in [-0.05, 0) is 37.6 Å². The molecule has 0 spiro atoms. The van der Waals surface area contributed by atoms with Crippen LogP contribution in [0.3, 0.4) is 0 Å². The minimum absolute atomic E-state index is 0.729. The van der Waals surface area contributed by atoms with Gasteiger partial charge in [0.1, 0.15) is 0 Å². The van der Waals surface area contributed by atoms with Crippen molar-refractivity contribution in [2.45, 2.75) is 23.6 Å². The molecule has 1 heterocycles. The topological polar surface area (TPSA) is 15.7 Å². The van der Waals surface area contributed by atoms with Gasteiger partial charge in [-0.25, -0.2) is 0 Å².